The normalized spacial score (nSPS) is 10.4. The molecule has 2 rings (SSSR count). The Bertz CT molecular complexity index is 745. The van der Waals surface area contributed by atoms with E-state index in [4.69, 9.17) is 4.74 Å². The second-order valence-electron chi connectivity index (χ2n) is 4.81. The quantitative estimate of drug-likeness (QED) is 0.629. The number of anilines is 1. The molecule has 1 aromatic heterocycles. The maximum Gasteiger partial charge on any atom is 0.275 e. The second kappa shape index (κ2) is 8.42. The van der Waals surface area contributed by atoms with Gasteiger partial charge in [-0.1, -0.05) is 6.07 Å². The van der Waals surface area contributed by atoms with Crippen LogP contribution < -0.4 is 15.5 Å². The van der Waals surface area contributed by atoms with Crippen LogP contribution in [0.4, 0.5) is 5.69 Å². The highest BCUT2D eigenvalue weighted by atomic mass is 16.5. The Labute approximate surface area is 139 Å². The summed E-state index contributed by atoms with van der Waals surface area (Å²) in [6.45, 7) is 3.62. The van der Waals surface area contributed by atoms with Crippen LogP contribution in [0.15, 0.2) is 47.8 Å². The van der Waals surface area contributed by atoms with E-state index in [0.717, 1.165) is 5.56 Å². The first-order chi connectivity index (χ1) is 11.6. The van der Waals surface area contributed by atoms with Crippen molar-refractivity contribution in [3.05, 3.63) is 53.9 Å². The van der Waals surface area contributed by atoms with Crippen molar-refractivity contribution >= 4 is 23.7 Å². The molecule has 1 heterocycles. The Morgan fingerprint density at radius 2 is 2.17 bits per heavy atom. The highest BCUT2D eigenvalue weighted by molar-refractivity contribution is 5.98. The van der Waals surface area contributed by atoms with Crippen molar-refractivity contribution in [3.8, 4) is 5.75 Å². The number of nitrogens with zero attached hydrogens (tertiary/aromatic N) is 2. The number of nitrogens with one attached hydrogen (secondary N) is 2. The van der Waals surface area contributed by atoms with Gasteiger partial charge in [-0.25, -0.2) is 5.43 Å². The molecule has 0 aliphatic carbocycles. The number of benzene rings is 1. The standard InChI is InChI=1S/C17H18N4O3/c1-3-24-16-9-14(20-12(2)22)6-7-15(16)17(23)21-19-11-13-5-4-8-18-10-13/h4-11H,3H2,1-2H3,(H,20,22)(H,21,23). The number of carbonyl (C=O) groups is 2. The van der Waals surface area contributed by atoms with E-state index in [1.165, 1.54) is 13.1 Å². The predicted octanol–water partition coefficient (Wildman–Crippen LogP) is 2.20. The molecule has 0 aliphatic heterocycles. The lowest BCUT2D eigenvalue weighted by atomic mass is 10.1. The molecule has 2 N–H and O–H groups in total. The highest BCUT2D eigenvalue weighted by Crippen LogP contribution is 2.23. The molecule has 0 aliphatic rings. The van der Waals surface area contributed by atoms with Crippen LogP contribution >= 0.6 is 0 Å². The van der Waals surface area contributed by atoms with Crippen LogP contribution in [-0.2, 0) is 4.79 Å². The Kier molecular flexibility index (Phi) is 6.01. The largest absolute Gasteiger partial charge is 0.493 e. The van der Waals surface area contributed by atoms with Crippen LogP contribution in [-0.4, -0.2) is 29.6 Å². The molecular weight excluding hydrogens is 308 g/mol. The van der Waals surface area contributed by atoms with Gasteiger partial charge in [0, 0.05) is 36.6 Å². The number of carbonyl (C=O) groups excluding carboxylic acids is 2. The number of hydrazone groups is 1. The molecule has 0 atom stereocenters. The molecule has 2 amide bonds. The van der Waals surface area contributed by atoms with Crippen molar-refractivity contribution in [3.63, 3.8) is 0 Å². The molecule has 0 bridgehead atoms. The van der Waals surface area contributed by atoms with Gasteiger partial charge in [0.25, 0.3) is 5.91 Å². The molecule has 24 heavy (non-hydrogen) atoms. The van der Waals surface area contributed by atoms with Crippen molar-refractivity contribution in [1.82, 2.24) is 10.4 Å². The average Bonchev–Trinajstić information content (AvgIpc) is 2.56. The maximum absolute atomic E-state index is 12.3. The van der Waals surface area contributed by atoms with Crippen LogP contribution in [0.1, 0.15) is 29.8 Å². The minimum Gasteiger partial charge on any atom is -0.493 e. The monoisotopic (exact) mass is 326 g/mol. The summed E-state index contributed by atoms with van der Waals surface area (Å²) in [5, 5.41) is 6.55. The molecule has 0 radical (unpaired) electrons. The number of amides is 2. The minimum absolute atomic E-state index is 0.198. The molecule has 0 unspecified atom stereocenters. The van der Waals surface area contributed by atoms with E-state index in [1.807, 2.05) is 13.0 Å². The van der Waals surface area contributed by atoms with Gasteiger partial charge in [0.15, 0.2) is 0 Å². The summed E-state index contributed by atoms with van der Waals surface area (Å²) in [6, 6.07) is 8.40. The van der Waals surface area contributed by atoms with E-state index < -0.39 is 5.91 Å². The van der Waals surface area contributed by atoms with Crippen LogP contribution in [0.25, 0.3) is 0 Å². The van der Waals surface area contributed by atoms with Crippen LogP contribution in [0.5, 0.6) is 5.75 Å². The van der Waals surface area contributed by atoms with Crippen molar-refractivity contribution in [2.45, 2.75) is 13.8 Å². The maximum atomic E-state index is 12.3. The summed E-state index contributed by atoms with van der Waals surface area (Å²) in [6.07, 6.45) is 4.78. The third-order valence-corrected chi connectivity index (χ3v) is 2.91. The number of aromatic nitrogens is 1. The van der Waals surface area contributed by atoms with Crippen molar-refractivity contribution < 1.29 is 14.3 Å². The van der Waals surface area contributed by atoms with Crippen molar-refractivity contribution in [2.75, 3.05) is 11.9 Å². The highest BCUT2D eigenvalue weighted by Gasteiger charge is 2.13. The Balaban J connectivity index is 2.12. The van der Waals surface area contributed by atoms with Gasteiger partial charge in [-0.2, -0.15) is 5.10 Å². The average molecular weight is 326 g/mol. The molecule has 1 aromatic carbocycles. The number of pyridine rings is 1. The molecule has 0 saturated carbocycles. The lowest BCUT2D eigenvalue weighted by molar-refractivity contribution is -0.114. The minimum atomic E-state index is -0.409. The molecule has 7 heteroatoms. The number of hydrogen-bond acceptors (Lipinski definition) is 5. The van der Waals surface area contributed by atoms with E-state index in [-0.39, 0.29) is 5.91 Å². The lowest BCUT2D eigenvalue weighted by Gasteiger charge is -2.11. The van der Waals surface area contributed by atoms with Gasteiger partial charge >= 0.3 is 0 Å². The molecule has 0 fully saturated rings. The van der Waals surface area contributed by atoms with E-state index in [9.17, 15) is 9.59 Å². The molecular formula is C17H18N4O3. The summed E-state index contributed by atoms with van der Waals surface area (Å²) < 4.78 is 5.47. The number of ether oxygens (including phenoxy) is 1. The molecule has 124 valence electrons. The summed E-state index contributed by atoms with van der Waals surface area (Å²) in [4.78, 5) is 27.3. The zero-order chi connectivity index (χ0) is 17.4. The van der Waals surface area contributed by atoms with Gasteiger partial charge < -0.3 is 10.1 Å². The molecule has 2 aromatic rings. The van der Waals surface area contributed by atoms with Crippen LogP contribution in [0, 0.1) is 0 Å². The molecule has 7 nitrogen and oxygen atoms in total. The van der Waals surface area contributed by atoms with E-state index in [0.29, 0.717) is 23.6 Å². The van der Waals surface area contributed by atoms with E-state index in [2.05, 4.69) is 20.8 Å². The van der Waals surface area contributed by atoms with Crippen LogP contribution in [0.2, 0.25) is 0 Å². The first-order valence-electron chi connectivity index (χ1n) is 7.38. The number of hydrogen-bond donors (Lipinski definition) is 2. The smallest absolute Gasteiger partial charge is 0.275 e. The third kappa shape index (κ3) is 4.91. The van der Waals surface area contributed by atoms with Gasteiger partial charge in [-0.15, -0.1) is 0 Å². The summed E-state index contributed by atoms with van der Waals surface area (Å²) >= 11 is 0. The SMILES string of the molecule is CCOc1cc(NC(C)=O)ccc1C(=O)NN=Cc1cccnc1. The van der Waals surface area contributed by atoms with Gasteiger partial charge in [0.2, 0.25) is 5.91 Å². The number of rotatable bonds is 6. The van der Waals surface area contributed by atoms with Gasteiger partial charge in [0.05, 0.1) is 18.4 Å². The van der Waals surface area contributed by atoms with Gasteiger partial charge in [-0.05, 0) is 25.1 Å². The zero-order valence-electron chi connectivity index (χ0n) is 13.4. The summed E-state index contributed by atoms with van der Waals surface area (Å²) in [7, 11) is 0. The van der Waals surface area contributed by atoms with Gasteiger partial charge in [-0.3, -0.25) is 14.6 Å². The third-order valence-electron chi connectivity index (χ3n) is 2.91. The lowest BCUT2D eigenvalue weighted by Crippen LogP contribution is -2.19. The summed E-state index contributed by atoms with van der Waals surface area (Å²) in [5.41, 5.74) is 4.09. The zero-order valence-corrected chi connectivity index (χ0v) is 13.4. The topological polar surface area (TPSA) is 92.7 Å². The van der Waals surface area contributed by atoms with Crippen LogP contribution in [0.3, 0.4) is 0 Å². The molecule has 0 spiro atoms. The van der Waals surface area contributed by atoms with Gasteiger partial charge in [0.1, 0.15) is 5.75 Å². The molecule has 0 saturated heterocycles. The fraction of sp³-hybridized carbons (Fsp3) is 0.176. The second-order valence-corrected chi connectivity index (χ2v) is 4.81. The Morgan fingerprint density at radius 1 is 1.33 bits per heavy atom. The Morgan fingerprint density at radius 3 is 2.83 bits per heavy atom. The Hall–Kier alpha value is -3.22. The predicted molar refractivity (Wildman–Crippen MR) is 91.2 cm³/mol. The van der Waals surface area contributed by atoms with Crippen molar-refractivity contribution in [2.24, 2.45) is 5.10 Å². The van der Waals surface area contributed by atoms with E-state index in [1.54, 1.807) is 36.7 Å². The fourth-order valence-electron chi connectivity index (χ4n) is 1.94. The van der Waals surface area contributed by atoms with Crippen molar-refractivity contribution in [1.29, 1.82) is 0 Å². The summed E-state index contributed by atoms with van der Waals surface area (Å²) in [5.74, 6) is -0.235. The first kappa shape index (κ1) is 17.1. The first-order valence-corrected chi connectivity index (χ1v) is 7.38. The fourth-order valence-corrected chi connectivity index (χ4v) is 1.94. The van der Waals surface area contributed by atoms with E-state index >= 15 is 0 Å².